The molecule has 1 N–H and O–H groups in total. The molecule has 0 atom stereocenters. The maximum absolute atomic E-state index is 13.6. The number of ether oxygens (including phenoxy) is 2. The molecular formula is C28H28FN3O7S. The number of hydrogen-bond donors (Lipinski definition) is 1. The normalized spacial score (nSPS) is 11.3. The van der Waals surface area contributed by atoms with E-state index in [4.69, 9.17) is 13.9 Å². The predicted molar refractivity (Wildman–Crippen MR) is 148 cm³/mol. The quantitative estimate of drug-likeness (QED) is 0.282. The lowest BCUT2D eigenvalue weighted by Gasteiger charge is -2.23. The molecule has 0 fully saturated rings. The van der Waals surface area contributed by atoms with Crippen molar-refractivity contribution in [3.05, 3.63) is 77.1 Å². The summed E-state index contributed by atoms with van der Waals surface area (Å²) in [5.41, 5.74) is 1.56. The van der Waals surface area contributed by atoms with Crippen molar-refractivity contribution in [1.82, 2.24) is 10.3 Å². The first kappa shape index (κ1) is 28.6. The minimum Gasteiger partial charge on any atom is -0.492 e. The van der Waals surface area contributed by atoms with Gasteiger partial charge in [0.25, 0.3) is 5.91 Å². The fourth-order valence-corrected chi connectivity index (χ4v) is 5.07. The van der Waals surface area contributed by atoms with Gasteiger partial charge >= 0.3 is 5.97 Å². The van der Waals surface area contributed by atoms with E-state index in [1.165, 1.54) is 44.5 Å². The van der Waals surface area contributed by atoms with Gasteiger partial charge in [-0.3, -0.25) is 9.10 Å². The van der Waals surface area contributed by atoms with Gasteiger partial charge in [-0.15, -0.1) is 0 Å². The predicted octanol–water partition coefficient (Wildman–Crippen LogP) is 4.19. The van der Waals surface area contributed by atoms with Crippen LogP contribution in [0.2, 0.25) is 0 Å². The van der Waals surface area contributed by atoms with Crippen molar-refractivity contribution in [2.75, 3.05) is 37.9 Å². The SMILES string of the molecule is CCc1cc2c(C(=O)NC)c(-c3ccc(F)cc3)oc2nc1N(CCOc1cccc(C(=O)OC)c1)S(C)(=O)=O. The summed E-state index contributed by atoms with van der Waals surface area (Å²) in [7, 11) is -1.08. The van der Waals surface area contributed by atoms with E-state index in [0.29, 0.717) is 34.2 Å². The molecule has 2 aromatic carbocycles. The number of halogens is 1. The molecule has 2 aromatic heterocycles. The van der Waals surface area contributed by atoms with E-state index in [1.807, 2.05) is 6.92 Å². The van der Waals surface area contributed by atoms with Crippen LogP contribution in [-0.2, 0) is 21.2 Å². The second-order valence-electron chi connectivity index (χ2n) is 8.77. The smallest absolute Gasteiger partial charge is 0.337 e. The number of amides is 1. The summed E-state index contributed by atoms with van der Waals surface area (Å²) in [4.78, 5) is 29.2. The van der Waals surface area contributed by atoms with Crippen LogP contribution in [-0.4, -0.2) is 58.8 Å². The standard InChI is InChI=1S/C28H28FN3O7S/c1-5-17-16-22-23(26(33)30-2)24(18-9-11-20(29)12-10-18)39-27(22)31-25(17)32(40(4,35)36)13-14-38-21-8-6-7-19(15-21)28(34)37-3/h6-12,15-16H,5,13-14H2,1-4H3,(H,30,33). The van der Waals surface area contributed by atoms with Gasteiger partial charge in [0, 0.05) is 12.6 Å². The summed E-state index contributed by atoms with van der Waals surface area (Å²) in [5.74, 6) is -0.730. The Hall–Kier alpha value is -4.45. The molecule has 0 spiro atoms. The Morgan fingerprint density at radius 2 is 1.85 bits per heavy atom. The van der Waals surface area contributed by atoms with Gasteiger partial charge in [0.15, 0.2) is 0 Å². The van der Waals surface area contributed by atoms with Gasteiger partial charge in [0.1, 0.15) is 29.8 Å². The maximum Gasteiger partial charge on any atom is 0.337 e. The van der Waals surface area contributed by atoms with Crippen LogP contribution in [0.25, 0.3) is 22.4 Å². The minimum atomic E-state index is -3.83. The van der Waals surface area contributed by atoms with Crippen LogP contribution >= 0.6 is 0 Å². The van der Waals surface area contributed by atoms with Crippen molar-refractivity contribution in [3.8, 4) is 17.1 Å². The van der Waals surface area contributed by atoms with E-state index < -0.39 is 27.7 Å². The lowest BCUT2D eigenvalue weighted by molar-refractivity contribution is 0.0600. The molecule has 0 saturated heterocycles. The Morgan fingerprint density at radius 1 is 1.12 bits per heavy atom. The van der Waals surface area contributed by atoms with Gasteiger partial charge in [-0.25, -0.2) is 17.6 Å². The highest BCUT2D eigenvalue weighted by atomic mass is 32.2. The number of pyridine rings is 1. The van der Waals surface area contributed by atoms with Crippen LogP contribution in [0.1, 0.15) is 33.2 Å². The third kappa shape index (κ3) is 5.91. The van der Waals surface area contributed by atoms with Gasteiger partial charge in [-0.2, -0.15) is 4.98 Å². The zero-order valence-electron chi connectivity index (χ0n) is 22.4. The van der Waals surface area contributed by atoms with Crippen molar-refractivity contribution >= 4 is 38.8 Å². The highest BCUT2D eigenvalue weighted by Gasteiger charge is 2.27. The molecule has 0 bridgehead atoms. The molecule has 210 valence electrons. The monoisotopic (exact) mass is 569 g/mol. The van der Waals surface area contributed by atoms with Gasteiger partial charge in [-0.1, -0.05) is 13.0 Å². The minimum absolute atomic E-state index is 0.0467. The lowest BCUT2D eigenvalue weighted by atomic mass is 10.0. The number of aromatic nitrogens is 1. The fraction of sp³-hybridized carbons (Fsp3) is 0.250. The second kappa shape index (κ2) is 11.7. The van der Waals surface area contributed by atoms with E-state index in [9.17, 15) is 22.4 Å². The number of anilines is 1. The Kier molecular flexibility index (Phi) is 8.38. The largest absolute Gasteiger partial charge is 0.492 e. The number of nitrogens with one attached hydrogen (secondary N) is 1. The highest BCUT2D eigenvalue weighted by Crippen LogP contribution is 2.36. The van der Waals surface area contributed by atoms with Gasteiger partial charge in [0.05, 0.1) is 36.4 Å². The van der Waals surface area contributed by atoms with E-state index in [2.05, 4.69) is 10.3 Å². The number of hydrogen-bond acceptors (Lipinski definition) is 8. The third-order valence-corrected chi connectivity index (χ3v) is 7.29. The zero-order valence-corrected chi connectivity index (χ0v) is 23.2. The van der Waals surface area contributed by atoms with E-state index in [0.717, 1.165) is 10.6 Å². The number of carbonyl (C=O) groups is 2. The highest BCUT2D eigenvalue weighted by molar-refractivity contribution is 7.92. The molecule has 2 heterocycles. The number of aryl methyl sites for hydroxylation is 1. The van der Waals surface area contributed by atoms with E-state index in [1.54, 1.807) is 24.3 Å². The Morgan fingerprint density at radius 3 is 2.48 bits per heavy atom. The Balaban J connectivity index is 1.74. The van der Waals surface area contributed by atoms with Crippen molar-refractivity contribution in [2.24, 2.45) is 0 Å². The van der Waals surface area contributed by atoms with Crippen molar-refractivity contribution in [3.63, 3.8) is 0 Å². The fourth-order valence-electron chi connectivity index (χ4n) is 4.19. The number of rotatable bonds is 10. The summed E-state index contributed by atoms with van der Waals surface area (Å²) < 4.78 is 56.9. The second-order valence-corrected chi connectivity index (χ2v) is 10.7. The summed E-state index contributed by atoms with van der Waals surface area (Å²) in [5, 5.41) is 2.98. The number of sulfonamides is 1. The molecule has 0 unspecified atom stereocenters. The molecular weight excluding hydrogens is 541 g/mol. The summed E-state index contributed by atoms with van der Waals surface area (Å²) >= 11 is 0. The first-order valence-corrected chi connectivity index (χ1v) is 14.2. The van der Waals surface area contributed by atoms with Crippen LogP contribution in [0.5, 0.6) is 5.75 Å². The molecule has 1 amide bonds. The first-order valence-electron chi connectivity index (χ1n) is 12.3. The average molecular weight is 570 g/mol. The Labute approximate surface area is 230 Å². The van der Waals surface area contributed by atoms with Gasteiger partial charge < -0.3 is 19.2 Å². The third-order valence-electron chi connectivity index (χ3n) is 6.14. The van der Waals surface area contributed by atoms with E-state index in [-0.39, 0.29) is 36.0 Å². The lowest BCUT2D eigenvalue weighted by Crippen LogP contribution is -2.35. The first-order chi connectivity index (χ1) is 19.1. The van der Waals surface area contributed by atoms with Crippen LogP contribution in [0.3, 0.4) is 0 Å². The number of fused-ring (bicyclic) bond motifs is 1. The summed E-state index contributed by atoms with van der Waals surface area (Å²) in [6, 6.07) is 13.5. The average Bonchev–Trinajstić information content (AvgIpc) is 3.32. The molecule has 0 radical (unpaired) electrons. The topological polar surface area (TPSA) is 128 Å². The molecule has 40 heavy (non-hydrogen) atoms. The van der Waals surface area contributed by atoms with Crippen LogP contribution < -0.4 is 14.4 Å². The summed E-state index contributed by atoms with van der Waals surface area (Å²) in [6.07, 6.45) is 1.45. The number of carbonyl (C=O) groups excluding carboxylic acids is 2. The molecule has 0 saturated carbocycles. The van der Waals surface area contributed by atoms with Crippen molar-refractivity contribution < 1.29 is 36.3 Å². The van der Waals surface area contributed by atoms with Crippen LogP contribution in [0, 0.1) is 5.82 Å². The van der Waals surface area contributed by atoms with Crippen molar-refractivity contribution in [1.29, 1.82) is 0 Å². The number of benzene rings is 2. The molecule has 4 rings (SSSR count). The van der Waals surface area contributed by atoms with Crippen LogP contribution in [0.15, 0.2) is 59.0 Å². The Bertz CT molecular complexity index is 1670. The van der Waals surface area contributed by atoms with Gasteiger partial charge in [0.2, 0.25) is 15.7 Å². The molecule has 10 nitrogen and oxygen atoms in total. The number of nitrogens with zero attached hydrogens (tertiary/aromatic N) is 2. The van der Waals surface area contributed by atoms with Crippen molar-refractivity contribution in [2.45, 2.75) is 13.3 Å². The van der Waals surface area contributed by atoms with E-state index >= 15 is 0 Å². The molecule has 0 aliphatic rings. The molecule has 0 aliphatic heterocycles. The number of esters is 1. The van der Waals surface area contributed by atoms with Gasteiger partial charge in [-0.05, 0) is 60.5 Å². The zero-order chi connectivity index (χ0) is 29.0. The molecule has 12 heteroatoms. The molecule has 0 aliphatic carbocycles. The molecule has 4 aromatic rings. The number of methoxy groups -OCH3 is 1. The summed E-state index contributed by atoms with van der Waals surface area (Å²) in [6.45, 7) is 1.69. The van der Waals surface area contributed by atoms with Crippen LogP contribution in [0.4, 0.5) is 10.2 Å². The maximum atomic E-state index is 13.6. The number of furan rings is 1.